The molecule has 14 heavy (non-hydrogen) atoms. The van der Waals surface area contributed by atoms with E-state index in [1.807, 2.05) is 0 Å². The summed E-state index contributed by atoms with van der Waals surface area (Å²) in [5, 5.41) is 19.2. The molecule has 0 unspecified atom stereocenters. The third-order valence-electron chi connectivity index (χ3n) is 1.51. The van der Waals surface area contributed by atoms with Crippen molar-refractivity contribution in [3.8, 4) is 5.75 Å². The molecule has 3 N–H and O–H groups in total. The summed E-state index contributed by atoms with van der Waals surface area (Å²) in [7, 11) is 0. The van der Waals surface area contributed by atoms with Gasteiger partial charge in [0.25, 0.3) is 6.43 Å². The number of hydrogen-bond acceptors (Lipinski definition) is 5. The molecule has 1 aromatic rings. The van der Waals surface area contributed by atoms with Gasteiger partial charge < -0.3 is 21.0 Å². The van der Waals surface area contributed by atoms with E-state index >= 15 is 0 Å². The van der Waals surface area contributed by atoms with Crippen LogP contribution < -0.4 is 5.73 Å². The number of nitro groups is 1. The summed E-state index contributed by atoms with van der Waals surface area (Å²) in [4.78, 5) is 12.2. The number of nitrogens with zero attached hydrogens (tertiary/aromatic N) is 2. The average molecular weight is 205 g/mol. The Morgan fingerprint density at radius 2 is 2.21 bits per heavy atom. The Kier molecular flexibility index (Phi) is 2.45. The molecule has 1 aromatic heterocycles. The largest absolute Gasteiger partial charge is 0.500 e. The van der Waals surface area contributed by atoms with Crippen LogP contribution in [0.25, 0.3) is 0 Å². The number of rotatable bonds is 2. The maximum Gasteiger partial charge on any atom is 0.408 e. The van der Waals surface area contributed by atoms with Gasteiger partial charge in [0.15, 0.2) is 6.20 Å². The predicted octanol–water partition coefficient (Wildman–Crippen LogP) is 1.22. The normalized spacial score (nSPS) is 10.5. The number of anilines is 1. The first-order valence-corrected chi connectivity index (χ1v) is 3.35. The van der Waals surface area contributed by atoms with Gasteiger partial charge in [-0.2, -0.15) is 0 Å². The standard InChI is InChI=1S/C6H5F2N3O3/c7-5(8)2-1-10-6(11(13)14)4(12)3(2)9/h1,5,12H,(H2,9,10). The molecule has 1 heterocycles. The van der Waals surface area contributed by atoms with Gasteiger partial charge in [-0.1, -0.05) is 0 Å². The lowest BCUT2D eigenvalue weighted by molar-refractivity contribution is -0.390. The Balaban J connectivity index is 3.33. The first-order chi connectivity index (χ1) is 6.45. The van der Waals surface area contributed by atoms with E-state index in [1.165, 1.54) is 0 Å². The van der Waals surface area contributed by atoms with Gasteiger partial charge >= 0.3 is 5.82 Å². The lowest BCUT2D eigenvalue weighted by atomic mass is 10.2. The SMILES string of the molecule is Nc1c(C(F)F)cnc([N+](=O)[O-])c1O. The van der Waals surface area contributed by atoms with Crippen LogP contribution in [0.3, 0.4) is 0 Å². The zero-order chi connectivity index (χ0) is 10.9. The minimum Gasteiger partial charge on any atom is -0.500 e. The molecule has 0 aliphatic heterocycles. The van der Waals surface area contributed by atoms with Gasteiger partial charge in [-0.25, -0.2) is 8.78 Å². The summed E-state index contributed by atoms with van der Waals surface area (Å²) in [6, 6.07) is 0. The fraction of sp³-hybridized carbons (Fsp3) is 0.167. The molecule has 0 aromatic carbocycles. The van der Waals surface area contributed by atoms with Crippen molar-refractivity contribution in [2.45, 2.75) is 6.43 Å². The van der Waals surface area contributed by atoms with E-state index in [0.717, 1.165) is 0 Å². The molecule has 0 bridgehead atoms. The van der Waals surface area contributed by atoms with Gasteiger partial charge in [-0.15, -0.1) is 0 Å². The quantitative estimate of drug-likeness (QED) is 0.558. The van der Waals surface area contributed by atoms with Crippen molar-refractivity contribution in [2.75, 3.05) is 5.73 Å². The van der Waals surface area contributed by atoms with E-state index in [2.05, 4.69) is 4.98 Å². The molecule has 0 saturated heterocycles. The second-order valence-corrected chi connectivity index (χ2v) is 2.36. The van der Waals surface area contributed by atoms with Crippen LogP contribution in [0.1, 0.15) is 12.0 Å². The highest BCUT2D eigenvalue weighted by molar-refractivity contribution is 5.63. The van der Waals surface area contributed by atoms with Crippen LogP contribution in [-0.2, 0) is 0 Å². The van der Waals surface area contributed by atoms with Crippen LogP contribution in [-0.4, -0.2) is 15.0 Å². The maximum atomic E-state index is 12.1. The Morgan fingerprint density at radius 3 is 2.64 bits per heavy atom. The Bertz CT molecular complexity index is 383. The zero-order valence-corrected chi connectivity index (χ0v) is 6.65. The highest BCUT2D eigenvalue weighted by atomic mass is 19.3. The van der Waals surface area contributed by atoms with Crippen molar-refractivity contribution in [3.05, 3.63) is 21.9 Å². The molecular weight excluding hydrogens is 200 g/mol. The maximum absolute atomic E-state index is 12.1. The van der Waals surface area contributed by atoms with Crippen LogP contribution >= 0.6 is 0 Å². The molecular formula is C6H5F2N3O3. The highest BCUT2D eigenvalue weighted by Crippen LogP contribution is 2.36. The van der Waals surface area contributed by atoms with Gasteiger partial charge in [0, 0.05) is 0 Å². The van der Waals surface area contributed by atoms with Crippen LogP contribution in [0.4, 0.5) is 20.3 Å². The van der Waals surface area contributed by atoms with Gasteiger partial charge in [-0.05, 0) is 9.91 Å². The molecule has 76 valence electrons. The number of nitrogen functional groups attached to an aromatic ring is 1. The predicted molar refractivity (Wildman–Crippen MR) is 41.9 cm³/mol. The lowest BCUT2D eigenvalue weighted by Crippen LogP contribution is -2.01. The van der Waals surface area contributed by atoms with Crippen LogP contribution in [0.15, 0.2) is 6.20 Å². The summed E-state index contributed by atoms with van der Waals surface area (Å²) >= 11 is 0. The summed E-state index contributed by atoms with van der Waals surface area (Å²) in [5.74, 6) is -1.97. The van der Waals surface area contributed by atoms with Crippen molar-refractivity contribution in [1.29, 1.82) is 0 Å². The van der Waals surface area contributed by atoms with Gasteiger partial charge in [0.1, 0.15) is 0 Å². The van der Waals surface area contributed by atoms with E-state index < -0.39 is 34.2 Å². The summed E-state index contributed by atoms with van der Waals surface area (Å²) in [5.41, 5.74) is 3.60. The average Bonchev–Trinajstić information content (AvgIpc) is 2.08. The van der Waals surface area contributed by atoms with Crippen molar-refractivity contribution < 1.29 is 18.8 Å². The minimum absolute atomic E-state index is 0.567. The van der Waals surface area contributed by atoms with Crippen LogP contribution in [0.2, 0.25) is 0 Å². The molecule has 0 saturated carbocycles. The summed E-state index contributed by atoms with van der Waals surface area (Å²) in [6.45, 7) is 0. The topological polar surface area (TPSA) is 102 Å². The molecule has 0 aliphatic carbocycles. The molecule has 0 fully saturated rings. The first-order valence-electron chi connectivity index (χ1n) is 3.35. The molecule has 0 aliphatic rings. The lowest BCUT2D eigenvalue weighted by Gasteiger charge is -2.03. The van der Waals surface area contributed by atoms with Gasteiger partial charge in [0.2, 0.25) is 5.75 Å². The summed E-state index contributed by atoms with van der Waals surface area (Å²) in [6.07, 6.45) is -2.37. The van der Waals surface area contributed by atoms with Crippen molar-refractivity contribution in [2.24, 2.45) is 0 Å². The van der Waals surface area contributed by atoms with Crippen LogP contribution in [0.5, 0.6) is 5.75 Å². The number of halogens is 2. The van der Waals surface area contributed by atoms with E-state index in [4.69, 9.17) is 10.8 Å². The Morgan fingerprint density at radius 1 is 1.64 bits per heavy atom. The molecule has 8 heteroatoms. The van der Waals surface area contributed by atoms with Crippen molar-refractivity contribution in [1.82, 2.24) is 4.98 Å². The van der Waals surface area contributed by atoms with Gasteiger partial charge in [-0.3, -0.25) is 0 Å². The fourth-order valence-corrected chi connectivity index (χ4v) is 0.826. The van der Waals surface area contributed by atoms with Gasteiger partial charge in [0.05, 0.1) is 11.3 Å². The van der Waals surface area contributed by atoms with Crippen LogP contribution in [0, 0.1) is 10.1 Å². The highest BCUT2D eigenvalue weighted by Gasteiger charge is 2.24. The molecule has 6 nitrogen and oxygen atoms in total. The second kappa shape index (κ2) is 3.40. The monoisotopic (exact) mass is 205 g/mol. The second-order valence-electron chi connectivity index (χ2n) is 2.36. The molecule has 0 spiro atoms. The summed E-state index contributed by atoms with van der Waals surface area (Å²) < 4.78 is 24.3. The van der Waals surface area contributed by atoms with E-state index in [-0.39, 0.29) is 0 Å². The molecule has 0 radical (unpaired) electrons. The number of nitrogens with two attached hydrogens (primary N) is 1. The number of alkyl halides is 2. The number of aromatic nitrogens is 1. The fourth-order valence-electron chi connectivity index (χ4n) is 0.826. The van der Waals surface area contributed by atoms with E-state index in [9.17, 15) is 18.9 Å². The Labute approximate surface area is 76.1 Å². The van der Waals surface area contributed by atoms with Crippen molar-refractivity contribution in [3.63, 3.8) is 0 Å². The molecule has 1 rings (SSSR count). The Hall–Kier alpha value is -1.99. The third kappa shape index (κ3) is 1.53. The van der Waals surface area contributed by atoms with E-state index in [0.29, 0.717) is 6.20 Å². The van der Waals surface area contributed by atoms with Crippen molar-refractivity contribution >= 4 is 11.5 Å². The minimum atomic E-state index is -2.94. The number of hydrogen-bond donors (Lipinski definition) is 2. The number of aromatic hydroxyl groups is 1. The van der Waals surface area contributed by atoms with E-state index in [1.54, 1.807) is 0 Å². The molecule has 0 atom stereocenters. The smallest absolute Gasteiger partial charge is 0.408 e. The third-order valence-corrected chi connectivity index (χ3v) is 1.51. The first kappa shape index (κ1) is 10.1. The number of pyridine rings is 1. The molecule has 0 amide bonds. The zero-order valence-electron chi connectivity index (χ0n) is 6.65.